The zero-order valence-corrected chi connectivity index (χ0v) is 11.3. The second-order valence-corrected chi connectivity index (χ2v) is 5.60. The topological polar surface area (TPSA) is 12.0 Å². The van der Waals surface area contributed by atoms with Gasteiger partial charge in [-0.2, -0.15) is 0 Å². The van der Waals surface area contributed by atoms with Crippen molar-refractivity contribution >= 4 is 15.9 Å². The SMILES string of the molecule is CC(C)(C)NCCc1c(F)ccc(Br)c1F. The molecule has 0 aromatic heterocycles. The van der Waals surface area contributed by atoms with Gasteiger partial charge in [0, 0.05) is 11.1 Å². The molecule has 1 nitrogen and oxygen atoms in total. The van der Waals surface area contributed by atoms with Crippen LogP contribution in [0.15, 0.2) is 16.6 Å². The zero-order valence-electron chi connectivity index (χ0n) is 9.70. The molecule has 4 heteroatoms. The monoisotopic (exact) mass is 291 g/mol. The van der Waals surface area contributed by atoms with E-state index in [9.17, 15) is 8.78 Å². The molecule has 0 atom stereocenters. The van der Waals surface area contributed by atoms with Crippen molar-refractivity contribution in [2.45, 2.75) is 32.7 Å². The first-order chi connectivity index (χ1) is 7.31. The predicted octanol–water partition coefficient (Wildman–Crippen LogP) is 3.66. The van der Waals surface area contributed by atoms with Crippen LogP contribution in [0.1, 0.15) is 26.3 Å². The second kappa shape index (κ2) is 5.23. The number of halogens is 3. The lowest BCUT2D eigenvalue weighted by atomic mass is 10.1. The molecule has 0 aliphatic rings. The van der Waals surface area contributed by atoms with Gasteiger partial charge < -0.3 is 5.32 Å². The van der Waals surface area contributed by atoms with E-state index in [1.54, 1.807) is 0 Å². The summed E-state index contributed by atoms with van der Waals surface area (Å²) in [6.07, 6.45) is 0.342. The van der Waals surface area contributed by atoms with Crippen LogP contribution in [-0.2, 0) is 6.42 Å². The lowest BCUT2D eigenvalue weighted by Crippen LogP contribution is -2.37. The van der Waals surface area contributed by atoms with Crippen LogP contribution in [0.25, 0.3) is 0 Å². The molecule has 16 heavy (non-hydrogen) atoms. The standard InChI is InChI=1S/C12H16BrF2N/c1-12(2,3)16-7-6-8-10(14)5-4-9(13)11(8)15/h4-5,16H,6-7H2,1-3H3. The Balaban J connectivity index is 2.71. The maximum Gasteiger partial charge on any atom is 0.143 e. The van der Waals surface area contributed by atoms with Crippen LogP contribution in [0.4, 0.5) is 8.78 Å². The minimum atomic E-state index is -0.504. The average Bonchev–Trinajstić information content (AvgIpc) is 2.16. The predicted molar refractivity (Wildman–Crippen MR) is 65.5 cm³/mol. The Hall–Kier alpha value is -0.480. The molecule has 0 amide bonds. The third kappa shape index (κ3) is 3.83. The maximum absolute atomic E-state index is 13.6. The Morgan fingerprint density at radius 3 is 2.44 bits per heavy atom. The fourth-order valence-corrected chi connectivity index (χ4v) is 1.73. The zero-order chi connectivity index (χ0) is 12.3. The van der Waals surface area contributed by atoms with Gasteiger partial charge >= 0.3 is 0 Å². The average molecular weight is 292 g/mol. The van der Waals surface area contributed by atoms with E-state index in [0.29, 0.717) is 17.4 Å². The molecule has 0 fully saturated rings. The van der Waals surface area contributed by atoms with Crippen molar-refractivity contribution in [3.63, 3.8) is 0 Å². The number of hydrogen-bond donors (Lipinski definition) is 1. The lowest BCUT2D eigenvalue weighted by molar-refractivity contribution is 0.424. The first-order valence-corrected chi connectivity index (χ1v) is 5.98. The van der Waals surface area contributed by atoms with E-state index in [1.165, 1.54) is 12.1 Å². The number of nitrogens with one attached hydrogen (secondary N) is 1. The van der Waals surface area contributed by atoms with Crippen molar-refractivity contribution in [1.82, 2.24) is 5.32 Å². The van der Waals surface area contributed by atoms with Gasteiger partial charge in [0.1, 0.15) is 11.6 Å². The van der Waals surface area contributed by atoms with Gasteiger partial charge in [0.05, 0.1) is 4.47 Å². The van der Waals surface area contributed by atoms with Crippen molar-refractivity contribution in [3.05, 3.63) is 33.8 Å². The Morgan fingerprint density at radius 2 is 1.88 bits per heavy atom. The summed E-state index contributed by atoms with van der Waals surface area (Å²) in [7, 11) is 0. The summed E-state index contributed by atoms with van der Waals surface area (Å²) in [6, 6.07) is 2.66. The summed E-state index contributed by atoms with van der Waals surface area (Å²) < 4.78 is 27.2. The third-order valence-electron chi connectivity index (χ3n) is 2.17. The summed E-state index contributed by atoms with van der Waals surface area (Å²) in [5.74, 6) is -0.993. The third-order valence-corrected chi connectivity index (χ3v) is 2.78. The highest BCUT2D eigenvalue weighted by molar-refractivity contribution is 9.10. The van der Waals surface area contributed by atoms with E-state index in [4.69, 9.17) is 0 Å². The first-order valence-electron chi connectivity index (χ1n) is 5.18. The van der Waals surface area contributed by atoms with Crippen LogP contribution in [0.5, 0.6) is 0 Å². The van der Waals surface area contributed by atoms with Crippen molar-refractivity contribution in [2.24, 2.45) is 0 Å². The molecule has 90 valence electrons. The van der Waals surface area contributed by atoms with E-state index < -0.39 is 11.6 Å². The summed E-state index contributed by atoms with van der Waals surface area (Å²) in [5, 5.41) is 3.20. The van der Waals surface area contributed by atoms with E-state index in [2.05, 4.69) is 21.2 Å². The number of rotatable bonds is 3. The lowest BCUT2D eigenvalue weighted by Gasteiger charge is -2.20. The van der Waals surface area contributed by atoms with Crippen LogP contribution < -0.4 is 5.32 Å². The van der Waals surface area contributed by atoms with Crippen LogP contribution in [0.3, 0.4) is 0 Å². The Labute approximate surface area is 103 Å². The minimum Gasteiger partial charge on any atom is -0.312 e. The normalized spacial score (nSPS) is 11.9. The van der Waals surface area contributed by atoms with Gasteiger partial charge in [-0.3, -0.25) is 0 Å². The van der Waals surface area contributed by atoms with Gasteiger partial charge in [-0.1, -0.05) is 0 Å². The van der Waals surface area contributed by atoms with Crippen molar-refractivity contribution in [2.75, 3.05) is 6.54 Å². The Bertz CT molecular complexity index is 372. The highest BCUT2D eigenvalue weighted by atomic mass is 79.9. The van der Waals surface area contributed by atoms with Gasteiger partial charge in [0.2, 0.25) is 0 Å². The summed E-state index contributed by atoms with van der Waals surface area (Å²) >= 11 is 3.05. The summed E-state index contributed by atoms with van der Waals surface area (Å²) in [5.41, 5.74) is 0.0880. The van der Waals surface area contributed by atoms with Gasteiger partial charge in [0.15, 0.2) is 0 Å². The summed E-state index contributed by atoms with van der Waals surface area (Å²) in [6.45, 7) is 6.59. The van der Waals surface area contributed by atoms with E-state index in [0.717, 1.165) is 0 Å². The smallest absolute Gasteiger partial charge is 0.143 e. The quantitative estimate of drug-likeness (QED) is 0.838. The van der Waals surface area contributed by atoms with Crippen molar-refractivity contribution < 1.29 is 8.78 Å². The first kappa shape index (κ1) is 13.6. The van der Waals surface area contributed by atoms with Crippen LogP contribution in [0.2, 0.25) is 0 Å². The van der Waals surface area contributed by atoms with Crippen LogP contribution in [0, 0.1) is 11.6 Å². The largest absolute Gasteiger partial charge is 0.312 e. The van der Waals surface area contributed by atoms with Gasteiger partial charge in [0.25, 0.3) is 0 Å². The minimum absolute atomic E-state index is 0.0427. The molecular formula is C12H16BrF2N. The Kier molecular flexibility index (Phi) is 4.44. The van der Waals surface area contributed by atoms with Crippen molar-refractivity contribution in [1.29, 1.82) is 0 Å². The molecular weight excluding hydrogens is 276 g/mol. The molecule has 1 N–H and O–H groups in total. The summed E-state index contributed by atoms with van der Waals surface area (Å²) in [4.78, 5) is 0. The molecule has 1 rings (SSSR count). The van der Waals surface area contributed by atoms with Crippen molar-refractivity contribution in [3.8, 4) is 0 Å². The van der Waals surface area contributed by atoms with E-state index >= 15 is 0 Å². The fourth-order valence-electron chi connectivity index (χ4n) is 1.36. The molecule has 0 aliphatic carbocycles. The molecule has 1 aromatic carbocycles. The van der Waals surface area contributed by atoms with Crippen LogP contribution in [-0.4, -0.2) is 12.1 Å². The molecule has 0 bridgehead atoms. The number of benzene rings is 1. The molecule has 0 saturated heterocycles. The van der Waals surface area contributed by atoms with Crippen LogP contribution >= 0.6 is 15.9 Å². The highest BCUT2D eigenvalue weighted by Gasteiger charge is 2.13. The van der Waals surface area contributed by atoms with Gasteiger partial charge in [-0.25, -0.2) is 8.78 Å². The molecule has 0 unspecified atom stereocenters. The maximum atomic E-state index is 13.6. The molecule has 0 saturated carbocycles. The molecule has 0 spiro atoms. The number of hydrogen-bond acceptors (Lipinski definition) is 1. The molecule has 1 aromatic rings. The fraction of sp³-hybridized carbons (Fsp3) is 0.500. The van der Waals surface area contributed by atoms with Gasteiger partial charge in [-0.05, 0) is 61.8 Å². The van der Waals surface area contributed by atoms with Gasteiger partial charge in [-0.15, -0.1) is 0 Å². The van der Waals surface area contributed by atoms with E-state index in [-0.39, 0.29) is 11.1 Å². The molecule has 0 aliphatic heterocycles. The van der Waals surface area contributed by atoms with E-state index in [1.807, 2.05) is 20.8 Å². The highest BCUT2D eigenvalue weighted by Crippen LogP contribution is 2.21. The molecule has 0 radical (unpaired) electrons. The second-order valence-electron chi connectivity index (χ2n) is 4.75. The Morgan fingerprint density at radius 1 is 1.25 bits per heavy atom. The molecule has 0 heterocycles.